The third kappa shape index (κ3) is 3.22. The fourth-order valence-electron chi connectivity index (χ4n) is 2.47. The Bertz CT molecular complexity index is 309. The average Bonchev–Trinajstić information content (AvgIpc) is 3.14. The minimum Gasteiger partial charge on any atom is -0.392 e. The molecule has 0 saturated heterocycles. The molecule has 0 aromatic rings. The molecule has 1 amide bonds. The van der Waals surface area contributed by atoms with Gasteiger partial charge in [0.05, 0.1) is 10.4 Å². The third-order valence-electron chi connectivity index (χ3n) is 4.04. The van der Waals surface area contributed by atoms with Crippen molar-refractivity contribution in [1.29, 1.82) is 0 Å². The fourth-order valence-corrected chi connectivity index (χ4v) is 2.84. The highest BCUT2D eigenvalue weighted by atomic mass is 32.1. The summed E-state index contributed by atoms with van der Waals surface area (Å²) in [6.07, 6.45) is 4.89. The standard InChI is InChI=1S/C14H26N2OS/c1-4-9-16(10-11-7-8-11)13(17)14(5-2,6-3)12(15)18/h11H,4-10H2,1-3H3,(H2,15,18). The van der Waals surface area contributed by atoms with Gasteiger partial charge in [-0.3, -0.25) is 4.79 Å². The van der Waals surface area contributed by atoms with Crippen LogP contribution in [-0.2, 0) is 4.79 Å². The molecular formula is C14H26N2OS. The smallest absolute Gasteiger partial charge is 0.235 e. The number of rotatable bonds is 8. The molecule has 1 aliphatic carbocycles. The van der Waals surface area contributed by atoms with E-state index in [1.165, 1.54) is 12.8 Å². The Labute approximate surface area is 116 Å². The van der Waals surface area contributed by atoms with Crippen LogP contribution in [0.5, 0.6) is 0 Å². The maximum Gasteiger partial charge on any atom is 0.235 e. The summed E-state index contributed by atoms with van der Waals surface area (Å²) in [7, 11) is 0. The lowest BCUT2D eigenvalue weighted by Crippen LogP contribution is -2.50. The quantitative estimate of drug-likeness (QED) is 0.690. The molecular weight excluding hydrogens is 244 g/mol. The van der Waals surface area contributed by atoms with Crippen molar-refractivity contribution in [1.82, 2.24) is 4.90 Å². The second kappa shape index (κ2) is 6.50. The highest BCUT2D eigenvalue weighted by Crippen LogP contribution is 2.34. The minimum atomic E-state index is -0.626. The van der Waals surface area contributed by atoms with Crippen LogP contribution in [0.4, 0.5) is 0 Å². The number of amides is 1. The van der Waals surface area contributed by atoms with Crippen LogP contribution in [0.15, 0.2) is 0 Å². The lowest BCUT2D eigenvalue weighted by atomic mass is 9.80. The van der Waals surface area contributed by atoms with Gasteiger partial charge in [-0.25, -0.2) is 0 Å². The lowest BCUT2D eigenvalue weighted by Gasteiger charge is -2.35. The first kappa shape index (κ1) is 15.4. The van der Waals surface area contributed by atoms with Gasteiger partial charge < -0.3 is 10.6 Å². The highest BCUT2D eigenvalue weighted by Gasteiger charge is 2.41. The van der Waals surface area contributed by atoms with E-state index >= 15 is 0 Å². The van der Waals surface area contributed by atoms with Crippen molar-refractivity contribution >= 4 is 23.1 Å². The Balaban J connectivity index is 2.85. The maximum absolute atomic E-state index is 12.8. The predicted octanol–water partition coefficient (Wildman–Crippen LogP) is 2.73. The van der Waals surface area contributed by atoms with Gasteiger partial charge >= 0.3 is 0 Å². The average molecular weight is 270 g/mol. The monoisotopic (exact) mass is 270 g/mol. The Kier molecular flexibility index (Phi) is 5.57. The summed E-state index contributed by atoms with van der Waals surface area (Å²) in [6.45, 7) is 7.81. The van der Waals surface area contributed by atoms with Gasteiger partial charge in [0.1, 0.15) is 0 Å². The molecule has 3 nitrogen and oxygen atoms in total. The fraction of sp³-hybridized carbons (Fsp3) is 0.857. The van der Waals surface area contributed by atoms with Crippen LogP contribution >= 0.6 is 12.2 Å². The zero-order valence-electron chi connectivity index (χ0n) is 11.9. The second-order valence-corrected chi connectivity index (χ2v) is 5.79. The molecule has 0 aliphatic heterocycles. The van der Waals surface area contributed by atoms with Crippen molar-refractivity contribution < 1.29 is 4.79 Å². The van der Waals surface area contributed by atoms with Crippen LogP contribution in [0.3, 0.4) is 0 Å². The van der Waals surface area contributed by atoms with Gasteiger partial charge in [-0.2, -0.15) is 0 Å². The van der Waals surface area contributed by atoms with Gasteiger partial charge in [-0.1, -0.05) is 33.0 Å². The van der Waals surface area contributed by atoms with Crippen LogP contribution in [0.1, 0.15) is 52.9 Å². The van der Waals surface area contributed by atoms with Gasteiger partial charge in [0.2, 0.25) is 5.91 Å². The molecule has 0 atom stereocenters. The van der Waals surface area contributed by atoms with E-state index in [0.29, 0.717) is 23.7 Å². The number of hydrogen-bond donors (Lipinski definition) is 1. The molecule has 0 radical (unpaired) electrons. The van der Waals surface area contributed by atoms with E-state index in [0.717, 1.165) is 19.5 Å². The first-order valence-electron chi connectivity index (χ1n) is 7.11. The summed E-state index contributed by atoms with van der Waals surface area (Å²) in [5, 5.41) is 0. The first-order chi connectivity index (χ1) is 8.51. The predicted molar refractivity (Wildman–Crippen MR) is 79.4 cm³/mol. The number of hydrogen-bond acceptors (Lipinski definition) is 2. The summed E-state index contributed by atoms with van der Waals surface area (Å²) >= 11 is 5.17. The molecule has 1 rings (SSSR count). The van der Waals surface area contributed by atoms with Crippen LogP contribution < -0.4 is 5.73 Å². The van der Waals surface area contributed by atoms with Gasteiger partial charge in [-0.05, 0) is 38.0 Å². The van der Waals surface area contributed by atoms with Gasteiger partial charge in [0.15, 0.2) is 0 Å². The molecule has 18 heavy (non-hydrogen) atoms. The van der Waals surface area contributed by atoms with Gasteiger partial charge in [0, 0.05) is 13.1 Å². The van der Waals surface area contributed by atoms with Crippen LogP contribution in [-0.4, -0.2) is 28.9 Å². The van der Waals surface area contributed by atoms with E-state index in [1.54, 1.807) is 0 Å². The number of carbonyl (C=O) groups is 1. The number of nitrogens with zero attached hydrogens (tertiary/aromatic N) is 1. The number of thiocarbonyl (C=S) groups is 1. The summed E-state index contributed by atoms with van der Waals surface area (Å²) in [6, 6.07) is 0. The van der Waals surface area contributed by atoms with Crippen LogP contribution in [0.25, 0.3) is 0 Å². The molecule has 1 aliphatic rings. The zero-order chi connectivity index (χ0) is 13.8. The molecule has 0 aromatic heterocycles. The van der Waals surface area contributed by atoms with Crippen LogP contribution in [0, 0.1) is 11.3 Å². The Morgan fingerprint density at radius 3 is 2.22 bits per heavy atom. The van der Waals surface area contributed by atoms with Gasteiger partial charge in [0.25, 0.3) is 0 Å². The van der Waals surface area contributed by atoms with E-state index in [2.05, 4.69) is 6.92 Å². The summed E-state index contributed by atoms with van der Waals surface area (Å²) in [5.74, 6) is 0.854. The molecule has 0 bridgehead atoms. The van der Waals surface area contributed by atoms with E-state index in [9.17, 15) is 4.79 Å². The van der Waals surface area contributed by atoms with Crippen molar-refractivity contribution in [3.8, 4) is 0 Å². The zero-order valence-corrected chi connectivity index (χ0v) is 12.7. The van der Waals surface area contributed by atoms with Crippen molar-refractivity contribution in [3.05, 3.63) is 0 Å². The van der Waals surface area contributed by atoms with E-state index in [1.807, 2.05) is 18.7 Å². The largest absolute Gasteiger partial charge is 0.392 e. The maximum atomic E-state index is 12.8. The molecule has 0 unspecified atom stereocenters. The SMILES string of the molecule is CCCN(CC1CC1)C(=O)C(CC)(CC)C(N)=S. The summed E-state index contributed by atoms with van der Waals surface area (Å²) in [5.41, 5.74) is 5.23. The normalized spacial score (nSPS) is 15.5. The first-order valence-corrected chi connectivity index (χ1v) is 7.51. The second-order valence-electron chi connectivity index (χ2n) is 5.35. The Hall–Kier alpha value is -0.640. The molecule has 4 heteroatoms. The molecule has 1 saturated carbocycles. The lowest BCUT2D eigenvalue weighted by molar-refractivity contribution is -0.139. The van der Waals surface area contributed by atoms with Crippen molar-refractivity contribution in [2.24, 2.45) is 17.1 Å². The van der Waals surface area contributed by atoms with Crippen molar-refractivity contribution in [2.45, 2.75) is 52.9 Å². The molecule has 104 valence electrons. The minimum absolute atomic E-state index is 0.147. The third-order valence-corrected chi connectivity index (χ3v) is 4.44. The molecule has 0 aromatic carbocycles. The van der Waals surface area contributed by atoms with E-state index in [4.69, 9.17) is 18.0 Å². The number of nitrogens with two attached hydrogens (primary N) is 1. The summed E-state index contributed by atoms with van der Waals surface area (Å²) < 4.78 is 0. The molecule has 0 spiro atoms. The highest BCUT2D eigenvalue weighted by molar-refractivity contribution is 7.80. The molecule has 2 N–H and O–H groups in total. The van der Waals surface area contributed by atoms with E-state index < -0.39 is 5.41 Å². The molecule has 0 heterocycles. The number of carbonyl (C=O) groups excluding carboxylic acids is 1. The van der Waals surface area contributed by atoms with Crippen molar-refractivity contribution in [2.75, 3.05) is 13.1 Å². The Morgan fingerprint density at radius 2 is 1.89 bits per heavy atom. The van der Waals surface area contributed by atoms with E-state index in [-0.39, 0.29) is 5.91 Å². The summed E-state index contributed by atoms with van der Waals surface area (Å²) in [4.78, 5) is 15.1. The van der Waals surface area contributed by atoms with Crippen molar-refractivity contribution in [3.63, 3.8) is 0 Å². The Morgan fingerprint density at radius 1 is 1.33 bits per heavy atom. The van der Waals surface area contributed by atoms with Crippen LogP contribution in [0.2, 0.25) is 0 Å². The molecule has 1 fully saturated rings. The van der Waals surface area contributed by atoms with Gasteiger partial charge in [-0.15, -0.1) is 0 Å². The topological polar surface area (TPSA) is 46.3 Å².